The lowest BCUT2D eigenvalue weighted by Crippen LogP contribution is -2.49. The molecule has 2 atom stereocenters. The largest absolute Gasteiger partial charge is 0.454 e. The molecule has 0 heterocycles. The zero-order chi connectivity index (χ0) is 28.2. The van der Waals surface area contributed by atoms with Gasteiger partial charge in [-0.05, 0) is 53.9 Å². The molecule has 0 saturated heterocycles. The number of carbonyl (C=O) groups is 4. The summed E-state index contributed by atoms with van der Waals surface area (Å²) in [5.41, 5.74) is -3.61. The van der Waals surface area contributed by atoms with Gasteiger partial charge >= 0.3 is 5.97 Å². The van der Waals surface area contributed by atoms with Gasteiger partial charge in [0.25, 0.3) is 0 Å². The van der Waals surface area contributed by atoms with Gasteiger partial charge in [0.05, 0.1) is 19.1 Å². The molecule has 3 N–H and O–H groups in total. The molecule has 2 amide bonds. The monoisotopic (exact) mass is 514 g/mol. The number of rotatable bonds is 17. The molecule has 0 saturated carbocycles. The van der Waals surface area contributed by atoms with Crippen LogP contribution < -0.4 is 10.6 Å². The number of esters is 1. The van der Waals surface area contributed by atoms with Crippen LogP contribution in [0, 0.1) is 5.92 Å². The van der Waals surface area contributed by atoms with Gasteiger partial charge in [-0.3, -0.25) is 19.2 Å². The summed E-state index contributed by atoms with van der Waals surface area (Å²) in [5.74, 6) is -1.88. The molecule has 0 aromatic carbocycles. The van der Waals surface area contributed by atoms with Gasteiger partial charge in [0, 0.05) is 13.1 Å². The average Bonchev–Trinajstić information content (AvgIpc) is 2.85. The maximum atomic E-state index is 13.1. The fourth-order valence-electron chi connectivity index (χ4n) is 3.11. The summed E-state index contributed by atoms with van der Waals surface area (Å²) in [6.07, 6.45) is 0.439. The lowest BCUT2D eigenvalue weighted by molar-refractivity contribution is -0.168. The van der Waals surface area contributed by atoms with Crippen LogP contribution in [0.25, 0.3) is 0 Å². The second kappa shape index (κ2) is 15.0. The number of azo groups is 1. The molecule has 0 spiro atoms. The second-order valence-electron chi connectivity index (χ2n) is 9.86. The normalized spacial score (nSPS) is 14.3. The van der Waals surface area contributed by atoms with Crippen LogP contribution in [0.2, 0.25) is 0 Å². The van der Waals surface area contributed by atoms with E-state index in [1.54, 1.807) is 41.5 Å². The average molecular weight is 515 g/mol. The first-order chi connectivity index (χ1) is 16.6. The van der Waals surface area contributed by atoms with E-state index in [4.69, 9.17) is 14.6 Å². The van der Waals surface area contributed by atoms with Gasteiger partial charge in [0.1, 0.15) is 5.60 Å². The van der Waals surface area contributed by atoms with Crippen LogP contribution in [-0.4, -0.2) is 77.8 Å². The molecule has 0 aliphatic carbocycles. The molecule has 0 aliphatic rings. The first-order valence-electron chi connectivity index (χ1n) is 12.6. The molecule has 0 fully saturated rings. The Bertz CT molecular complexity index is 776. The molecular formula is C25H46N4O7. The quantitative estimate of drug-likeness (QED) is 0.153. The molecule has 0 radical (unpaired) electrons. The highest BCUT2D eigenvalue weighted by Crippen LogP contribution is 2.25. The van der Waals surface area contributed by atoms with Crippen LogP contribution in [0.4, 0.5) is 0 Å². The van der Waals surface area contributed by atoms with E-state index in [0.717, 1.165) is 0 Å². The number of Topliss-reactive ketones (excluding diaryl/α,β-unsaturated/α-hetero) is 1. The number of aliphatic hydroxyl groups excluding tert-OH is 1. The number of nitrogens with one attached hydrogen (secondary N) is 2. The number of hydrogen-bond donors (Lipinski definition) is 3. The summed E-state index contributed by atoms with van der Waals surface area (Å²) in [4.78, 5) is 50.0. The van der Waals surface area contributed by atoms with E-state index >= 15 is 0 Å². The van der Waals surface area contributed by atoms with E-state index in [-0.39, 0.29) is 38.0 Å². The second-order valence-corrected chi connectivity index (χ2v) is 9.86. The molecule has 36 heavy (non-hydrogen) atoms. The van der Waals surface area contributed by atoms with Crippen molar-refractivity contribution in [3.05, 3.63) is 0 Å². The Morgan fingerprint density at radius 3 is 1.75 bits per heavy atom. The number of ketones is 1. The first kappa shape index (κ1) is 33.6. The Balaban J connectivity index is 5.05. The van der Waals surface area contributed by atoms with Crippen molar-refractivity contribution >= 4 is 23.6 Å². The van der Waals surface area contributed by atoms with Crippen molar-refractivity contribution in [1.29, 1.82) is 0 Å². The predicted molar refractivity (Wildman–Crippen MR) is 135 cm³/mol. The third kappa shape index (κ3) is 9.93. The number of ether oxygens (including phenoxy) is 2. The van der Waals surface area contributed by atoms with Crippen LogP contribution >= 0.6 is 0 Å². The Labute approximate surface area is 215 Å². The van der Waals surface area contributed by atoms with Crippen molar-refractivity contribution < 1.29 is 33.8 Å². The van der Waals surface area contributed by atoms with Crippen molar-refractivity contribution in [3.8, 4) is 0 Å². The molecule has 11 heteroatoms. The minimum absolute atomic E-state index is 0.0630. The molecule has 0 aromatic heterocycles. The van der Waals surface area contributed by atoms with E-state index in [1.165, 1.54) is 0 Å². The fraction of sp³-hybridized carbons (Fsp3) is 0.840. The minimum Gasteiger partial charge on any atom is -0.454 e. The predicted octanol–water partition coefficient (Wildman–Crippen LogP) is 2.34. The minimum atomic E-state index is -1.25. The summed E-state index contributed by atoms with van der Waals surface area (Å²) in [6.45, 7) is 15.1. The van der Waals surface area contributed by atoms with Crippen LogP contribution in [0.3, 0.4) is 0 Å². The maximum absolute atomic E-state index is 13.1. The molecule has 208 valence electrons. The van der Waals surface area contributed by atoms with Crippen molar-refractivity contribution in [3.63, 3.8) is 0 Å². The first-order valence-corrected chi connectivity index (χ1v) is 12.6. The molecule has 0 unspecified atom stereocenters. The smallest absolute Gasteiger partial charge is 0.309 e. The van der Waals surface area contributed by atoms with E-state index < -0.39 is 40.6 Å². The third-order valence-corrected chi connectivity index (χ3v) is 6.09. The van der Waals surface area contributed by atoms with Crippen molar-refractivity contribution in [2.45, 2.75) is 104 Å². The number of amides is 2. The van der Waals surface area contributed by atoms with Gasteiger partial charge in [-0.15, -0.1) is 0 Å². The van der Waals surface area contributed by atoms with Crippen LogP contribution in [-0.2, 0) is 28.7 Å². The standard InChI is InChI=1S/C25H46N4O7/c1-10-17(4)20(32)36-18(5)19(31)25(11-2,12-3)35-16-14-27-22(34)24(8,9)29-28-23(6,7)21(33)26-13-15-30/h17-18,30H,10-16H2,1-9H3,(H,26,33)(H,27,34)/t17-,18+/m1/s1. The Kier molecular flexibility index (Phi) is 14.0. The summed E-state index contributed by atoms with van der Waals surface area (Å²) in [6, 6.07) is 0. The van der Waals surface area contributed by atoms with Crippen LogP contribution in [0.15, 0.2) is 10.2 Å². The SMILES string of the molecule is CC[C@@H](C)C(=O)O[C@@H](C)C(=O)C(CC)(CC)OCCNC(=O)C(C)(C)N=NC(C)(C)C(=O)NCCO. The van der Waals surface area contributed by atoms with Gasteiger partial charge in [0.2, 0.25) is 17.6 Å². The molecule has 0 bridgehead atoms. The van der Waals surface area contributed by atoms with E-state index in [9.17, 15) is 19.2 Å². The maximum Gasteiger partial charge on any atom is 0.309 e. The zero-order valence-electron chi connectivity index (χ0n) is 23.4. The van der Waals surface area contributed by atoms with Gasteiger partial charge in [-0.1, -0.05) is 27.7 Å². The highest BCUT2D eigenvalue weighted by Gasteiger charge is 2.40. The van der Waals surface area contributed by atoms with Crippen molar-refractivity contribution in [1.82, 2.24) is 10.6 Å². The van der Waals surface area contributed by atoms with E-state index in [1.807, 2.05) is 20.8 Å². The number of nitrogens with zero attached hydrogens (tertiary/aromatic N) is 2. The Hall–Kier alpha value is -2.40. The van der Waals surface area contributed by atoms with Gasteiger partial charge in [-0.25, -0.2) is 0 Å². The zero-order valence-corrected chi connectivity index (χ0v) is 23.4. The summed E-state index contributed by atoms with van der Waals surface area (Å²) in [7, 11) is 0. The molecule has 11 nitrogen and oxygen atoms in total. The summed E-state index contributed by atoms with van der Waals surface area (Å²) in [5, 5.41) is 22.2. The topological polar surface area (TPSA) is 156 Å². The third-order valence-electron chi connectivity index (χ3n) is 6.09. The lowest BCUT2D eigenvalue weighted by atomic mass is 9.89. The number of hydrogen-bond acceptors (Lipinski definition) is 9. The molecule has 0 aliphatic heterocycles. The van der Waals surface area contributed by atoms with Gasteiger partial charge < -0.3 is 25.2 Å². The summed E-state index contributed by atoms with van der Waals surface area (Å²) >= 11 is 0. The number of aliphatic hydroxyl groups is 1. The number of carbonyl (C=O) groups excluding carboxylic acids is 4. The van der Waals surface area contributed by atoms with Gasteiger partial charge in [-0.2, -0.15) is 10.2 Å². The molecule has 0 aromatic rings. The molecular weight excluding hydrogens is 468 g/mol. The Morgan fingerprint density at radius 1 is 0.861 bits per heavy atom. The highest BCUT2D eigenvalue weighted by atomic mass is 16.6. The van der Waals surface area contributed by atoms with E-state index in [2.05, 4.69) is 20.9 Å². The van der Waals surface area contributed by atoms with Gasteiger partial charge in [0.15, 0.2) is 17.2 Å². The molecule has 0 rings (SSSR count). The van der Waals surface area contributed by atoms with Crippen LogP contribution in [0.1, 0.15) is 81.6 Å². The Morgan fingerprint density at radius 2 is 1.33 bits per heavy atom. The highest BCUT2D eigenvalue weighted by molar-refractivity contribution is 5.92. The summed E-state index contributed by atoms with van der Waals surface area (Å²) < 4.78 is 11.3. The van der Waals surface area contributed by atoms with Crippen molar-refractivity contribution in [2.75, 3.05) is 26.3 Å². The fourth-order valence-corrected chi connectivity index (χ4v) is 3.11. The van der Waals surface area contributed by atoms with Crippen molar-refractivity contribution in [2.24, 2.45) is 16.1 Å². The van der Waals surface area contributed by atoms with E-state index in [0.29, 0.717) is 19.3 Å². The lowest BCUT2D eigenvalue weighted by Gasteiger charge is -2.33. The van der Waals surface area contributed by atoms with Crippen LogP contribution in [0.5, 0.6) is 0 Å².